The molecule has 2 saturated heterocycles. The van der Waals surface area contributed by atoms with Crippen LogP contribution >= 0.6 is 0 Å². The Kier molecular flexibility index (Phi) is 6.27. The Hall–Kier alpha value is -4.45. The van der Waals surface area contributed by atoms with Crippen molar-refractivity contribution in [3.8, 4) is 22.3 Å². The molecule has 9 rings (SSSR count). The van der Waals surface area contributed by atoms with Gasteiger partial charge in [-0.3, -0.25) is 0 Å². The fourth-order valence-corrected chi connectivity index (χ4v) is 7.13. The van der Waals surface area contributed by atoms with Gasteiger partial charge in [0.2, 0.25) is 0 Å². The molecule has 210 valence electrons. The highest BCUT2D eigenvalue weighted by Crippen LogP contribution is 2.46. The monoisotopic (exact) mass is 570 g/mol. The first-order chi connectivity index (χ1) is 21.8. The summed E-state index contributed by atoms with van der Waals surface area (Å²) >= 11 is 0. The summed E-state index contributed by atoms with van der Waals surface area (Å²) in [6.45, 7) is 2.41. The average Bonchev–Trinajstić information content (AvgIpc) is 3.82. The van der Waals surface area contributed by atoms with E-state index in [-0.39, 0.29) is 14.2 Å². The number of rotatable bonds is 4. The van der Waals surface area contributed by atoms with Gasteiger partial charge in [0.05, 0.1) is 26.4 Å². The van der Waals surface area contributed by atoms with Gasteiger partial charge in [-0.2, -0.15) is 0 Å². The second-order valence-electron chi connectivity index (χ2n) is 11.6. The zero-order valence-electron chi connectivity index (χ0n) is 24.2. The van der Waals surface area contributed by atoms with E-state index in [4.69, 9.17) is 18.6 Å². The molecule has 0 N–H and O–H groups in total. The van der Waals surface area contributed by atoms with Gasteiger partial charge < -0.3 is 18.6 Å². The third-order valence-corrected chi connectivity index (χ3v) is 9.07. The Labute approximate surface area is 256 Å². The molecule has 4 nitrogen and oxygen atoms in total. The Morgan fingerprint density at radius 1 is 0.364 bits per heavy atom. The molecule has 7 aromatic rings. The molecule has 0 spiro atoms. The van der Waals surface area contributed by atoms with Crippen LogP contribution in [0.4, 0.5) is 0 Å². The van der Waals surface area contributed by atoms with Gasteiger partial charge in [-0.15, -0.1) is 0 Å². The van der Waals surface area contributed by atoms with Crippen molar-refractivity contribution in [3.05, 3.63) is 121 Å². The van der Waals surface area contributed by atoms with Crippen LogP contribution in [-0.2, 0) is 18.6 Å². The van der Waals surface area contributed by atoms with Gasteiger partial charge in [0.25, 0.3) is 0 Å². The van der Waals surface area contributed by atoms with Crippen LogP contribution in [0.5, 0.6) is 0 Å². The van der Waals surface area contributed by atoms with Crippen molar-refractivity contribution < 1.29 is 18.6 Å². The standard InChI is InChI=1S/C38H28B2O4/c1-3-11-29-25(7-1)9-5-13-31(29)37-33-17-15-28(40-43-21-22-44-40)24-36(33)38(32-14-6-10-26-8-2-4-12-30(26)32)34-18-16-27(23-35(34)37)39-41-19-20-42-39/h1-18,23-24H,19-22H2. The summed E-state index contributed by atoms with van der Waals surface area (Å²) in [5, 5.41) is 9.60. The minimum Gasteiger partial charge on any atom is -0.405 e. The fraction of sp³-hybridized carbons (Fsp3) is 0.105. The maximum Gasteiger partial charge on any atom is 0.494 e. The molecular weight excluding hydrogens is 542 g/mol. The van der Waals surface area contributed by atoms with Crippen molar-refractivity contribution in [1.29, 1.82) is 0 Å². The average molecular weight is 570 g/mol. The van der Waals surface area contributed by atoms with Crippen LogP contribution in [0.2, 0.25) is 0 Å². The van der Waals surface area contributed by atoms with Crippen molar-refractivity contribution in [2.75, 3.05) is 26.4 Å². The van der Waals surface area contributed by atoms with Crippen molar-refractivity contribution >= 4 is 68.3 Å². The first-order valence-corrected chi connectivity index (χ1v) is 15.3. The Morgan fingerprint density at radius 2 is 0.773 bits per heavy atom. The highest BCUT2D eigenvalue weighted by atomic mass is 16.6. The van der Waals surface area contributed by atoms with Crippen LogP contribution in [0.25, 0.3) is 65.3 Å². The van der Waals surface area contributed by atoms with E-state index in [1.54, 1.807) is 0 Å². The number of fused-ring (bicyclic) bond motifs is 4. The molecule has 2 aliphatic heterocycles. The van der Waals surface area contributed by atoms with E-state index in [9.17, 15) is 0 Å². The Balaban J connectivity index is 1.46. The molecule has 0 aromatic heterocycles. The highest BCUT2D eigenvalue weighted by molar-refractivity contribution is 6.62. The van der Waals surface area contributed by atoms with Crippen molar-refractivity contribution in [1.82, 2.24) is 0 Å². The summed E-state index contributed by atoms with van der Waals surface area (Å²) in [7, 11) is -0.731. The molecule has 0 aliphatic carbocycles. The Morgan fingerprint density at radius 3 is 1.23 bits per heavy atom. The first kappa shape index (κ1) is 26.0. The van der Waals surface area contributed by atoms with Crippen molar-refractivity contribution in [2.45, 2.75) is 0 Å². The lowest BCUT2D eigenvalue weighted by Gasteiger charge is -2.21. The molecule has 0 bridgehead atoms. The zero-order valence-corrected chi connectivity index (χ0v) is 24.2. The maximum atomic E-state index is 5.99. The third kappa shape index (κ3) is 4.18. The molecule has 0 unspecified atom stereocenters. The number of hydrogen-bond donors (Lipinski definition) is 0. The van der Waals surface area contributed by atoms with E-state index >= 15 is 0 Å². The minimum atomic E-state index is -0.365. The highest BCUT2D eigenvalue weighted by Gasteiger charge is 2.30. The maximum absolute atomic E-state index is 5.99. The van der Waals surface area contributed by atoms with Crippen LogP contribution < -0.4 is 10.9 Å². The molecule has 7 aromatic carbocycles. The van der Waals surface area contributed by atoms with Gasteiger partial charge in [-0.1, -0.05) is 121 Å². The molecule has 0 saturated carbocycles. The lowest BCUT2D eigenvalue weighted by atomic mass is 9.74. The van der Waals surface area contributed by atoms with E-state index in [0.717, 1.165) is 10.9 Å². The van der Waals surface area contributed by atoms with E-state index in [0.29, 0.717) is 26.4 Å². The molecule has 2 fully saturated rings. The largest absolute Gasteiger partial charge is 0.494 e. The van der Waals surface area contributed by atoms with E-state index in [1.165, 1.54) is 65.3 Å². The third-order valence-electron chi connectivity index (χ3n) is 9.07. The molecule has 6 heteroatoms. The summed E-state index contributed by atoms with van der Waals surface area (Å²) in [6, 6.07) is 43.9. The van der Waals surface area contributed by atoms with E-state index in [1.807, 2.05) is 0 Å². The normalized spacial score (nSPS) is 15.4. The second-order valence-corrected chi connectivity index (χ2v) is 11.6. The van der Waals surface area contributed by atoms with Crippen LogP contribution in [0.3, 0.4) is 0 Å². The smallest absolute Gasteiger partial charge is 0.405 e. The molecule has 2 aliphatic rings. The summed E-state index contributed by atoms with van der Waals surface area (Å²) in [5.74, 6) is 0. The first-order valence-electron chi connectivity index (χ1n) is 15.3. The van der Waals surface area contributed by atoms with Crippen molar-refractivity contribution in [2.24, 2.45) is 0 Å². The molecular formula is C38H28B2O4. The number of benzene rings is 7. The Bertz CT molecular complexity index is 2050. The van der Waals surface area contributed by atoms with Gasteiger partial charge in [0, 0.05) is 0 Å². The minimum absolute atomic E-state index is 0.365. The van der Waals surface area contributed by atoms with Gasteiger partial charge in [0.15, 0.2) is 0 Å². The molecule has 44 heavy (non-hydrogen) atoms. The molecule has 0 amide bonds. The summed E-state index contributed by atoms with van der Waals surface area (Å²) < 4.78 is 23.9. The second kappa shape index (κ2) is 10.6. The van der Waals surface area contributed by atoms with Gasteiger partial charge in [-0.05, 0) is 76.3 Å². The quantitative estimate of drug-likeness (QED) is 0.167. The summed E-state index contributed by atoms with van der Waals surface area (Å²) in [5.41, 5.74) is 6.88. The predicted octanol–water partition coefficient (Wildman–Crippen LogP) is 7.12. The topological polar surface area (TPSA) is 36.9 Å². The number of hydrogen-bond acceptors (Lipinski definition) is 4. The molecule has 0 radical (unpaired) electrons. The predicted molar refractivity (Wildman–Crippen MR) is 182 cm³/mol. The van der Waals surface area contributed by atoms with Crippen LogP contribution in [0, 0.1) is 0 Å². The fourth-order valence-electron chi connectivity index (χ4n) is 7.13. The zero-order chi connectivity index (χ0) is 29.0. The van der Waals surface area contributed by atoms with Gasteiger partial charge in [-0.25, -0.2) is 0 Å². The SMILES string of the molecule is c1ccc2c(-c3c4ccc(B5OCCO5)cc4c(-c4cccc5ccccc45)c4ccc(B5OCCO5)cc34)cccc2c1. The van der Waals surface area contributed by atoms with Crippen LogP contribution in [0.1, 0.15) is 0 Å². The van der Waals surface area contributed by atoms with Crippen LogP contribution in [0.15, 0.2) is 121 Å². The lowest BCUT2D eigenvalue weighted by molar-refractivity contribution is 0.365. The van der Waals surface area contributed by atoms with Crippen molar-refractivity contribution in [3.63, 3.8) is 0 Å². The molecule has 0 atom stereocenters. The van der Waals surface area contributed by atoms with E-state index < -0.39 is 0 Å². The summed E-state index contributed by atoms with van der Waals surface area (Å²) in [6.07, 6.45) is 0. The lowest BCUT2D eigenvalue weighted by Crippen LogP contribution is -2.31. The molecule has 2 heterocycles. The van der Waals surface area contributed by atoms with Gasteiger partial charge >= 0.3 is 14.2 Å². The summed E-state index contributed by atoms with van der Waals surface area (Å²) in [4.78, 5) is 0. The van der Waals surface area contributed by atoms with Crippen LogP contribution in [-0.4, -0.2) is 40.7 Å². The van der Waals surface area contributed by atoms with Gasteiger partial charge in [0.1, 0.15) is 0 Å². The van der Waals surface area contributed by atoms with E-state index in [2.05, 4.69) is 121 Å².